The minimum absolute atomic E-state index is 0.0693. The molecule has 1 fully saturated rings. The van der Waals surface area contributed by atoms with Crippen LogP contribution in [0.4, 0.5) is 13.2 Å². The first-order valence-electron chi connectivity index (χ1n) is 7.68. The molecule has 2 N–H and O–H groups in total. The molecule has 0 aromatic heterocycles. The number of para-hydroxylation sites is 1. The zero-order chi connectivity index (χ0) is 17.0. The molecule has 23 heavy (non-hydrogen) atoms. The summed E-state index contributed by atoms with van der Waals surface area (Å²) in [4.78, 5) is 14.1. The van der Waals surface area contributed by atoms with Crippen molar-refractivity contribution >= 4 is 5.91 Å². The number of ether oxygens (including phenoxy) is 1. The van der Waals surface area contributed by atoms with Crippen LogP contribution >= 0.6 is 0 Å². The van der Waals surface area contributed by atoms with Gasteiger partial charge in [-0.05, 0) is 38.3 Å². The van der Waals surface area contributed by atoms with Gasteiger partial charge >= 0.3 is 6.18 Å². The zero-order valence-electron chi connectivity index (χ0n) is 13.0. The number of hydrogen-bond acceptors (Lipinski definition) is 3. The molecule has 0 spiro atoms. The molecule has 1 aromatic carbocycles. The normalized spacial score (nSPS) is 20.2. The topological polar surface area (TPSA) is 55.6 Å². The van der Waals surface area contributed by atoms with Gasteiger partial charge in [-0.25, -0.2) is 0 Å². The summed E-state index contributed by atoms with van der Waals surface area (Å²) in [6.07, 6.45) is -2.84. The van der Waals surface area contributed by atoms with Gasteiger partial charge in [0.05, 0.1) is 5.56 Å². The van der Waals surface area contributed by atoms with E-state index in [1.165, 1.54) is 25.1 Å². The third kappa shape index (κ3) is 4.16. The van der Waals surface area contributed by atoms with Crippen LogP contribution in [0.25, 0.3) is 0 Å². The van der Waals surface area contributed by atoms with Crippen LogP contribution in [0.15, 0.2) is 24.3 Å². The Labute approximate surface area is 133 Å². The minimum Gasteiger partial charge on any atom is -0.480 e. The molecule has 1 aliphatic rings. The number of carbonyl (C=O) groups is 1. The second-order valence-electron chi connectivity index (χ2n) is 5.67. The summed E-state index contributed by atoms with van der Waals surface area (Å²) in [5.74, 6) is -0.653. The van der Waals surface area contributed by atoms with Crippen molar-refractivity contribution in [2.45, 2.75) is 44.5 Å². The minimum atomic E-state index is -4.52. The number of piperidine rings is 1. The molecule has 2 atom stereocenters. The first-order valence-corrected chi connectivity index (χ1v) is 7.68. The first-order chi connectivity index (χ1) is 10.8. The van der Waals surface area contributed by atoms with Gasteiger partial charge in [-0.2, -0.15) is 13.2 Å². The molecule has 0 aliphatic carbocycles. The predicted octanol–water partition coefficient (Wildman–Crippen LogP) is 2.81. The largest absolute Gasteiger partial charge is 0.480 e. The van der Waals surface area contributed by atoms with Crippen LogP contribution < -0.4 is 10.5 Å². The number of nitrogens with two attached hydrogens (primary N) is 1. The van der Waals surface area contributed by atoms with E-state index >= 15 is 0 Å². The summed E-state index contributed by atoms with van der Waals surface area (Å²) >= 11 is 0. The smallest absolute Gasteiger partial charge is 0.419 e. The average Bonchev–Trinajstić information content (AvgIpc) is 2.53. The third-order valence-corrected chi connectivity index (χ3v) is 4.03. The van der Waals surface area contributed by atoms with Crippen molar-refractivity contribution in [1.82, 2.24) is 4.90 Å². The molecule has 1 heterocycles. The zero-order valence-corrected chi connectivity index (χ0v) is 13.0. The average molecular weight is 330 g/mol. The summed E-state index contributed by atoms with van der Waals surface area (Å²) in [6.45, 7) is 2.38. The summed E-state index contributed by atoms with van der Waals surface area (Å²) < 4.78 is 44.3. The van der Waals surface area contributed by atoms with E-state index in [1.807, 2.05) is 0 Å². The van der Waals surface area contributed by atoms with Crippen LogP contribution in [0.2, 0.25) is 0 Å². The van der Waals surface area contributed by atoms with Gasteiger partial charge in [0, 0.05) is 19.1 Å². The highest BCUT2D eigenvalue weighted by Crippen LogP contribution is 2.36. The van der Waals surface area contributed by atoms with Crippen molar-refractivity contribution in [1.29, 1.82) is 0 Å². The lowest BCUT2D eigenvalue weighted by atomic mass is 10.0. The molecule has 0 bridgehead atoms. The van der Waals surface area contributed by atoms with Crippen molar-refractivity contribution in [3.8, 4) is 5.75 Å². The molecule has 0 saturated carbocycles. The SMILES string of the molecule is CC(Oc1ccccc1C(F)(F)F)C(=O)N1CCCCC1CN. The molecule has 1 aromatic rings. The maximum Gasteiger partial charge on any atom is 0.419 e. The van der Waals surface area contributed by atoms with Gasteiger partial charge in [0.25, 0.3) is 5.91 Å². The molecular weight excluding hydrogens is 309 g/mol. The number of nitrogens with zero attached hydrogens (tertiary/aromatic N) is 1. The Morgan fingerprint density at radius 1 is 1.39 bits per heavy atom. The van der Waals surface area contributed by atoms with Gasteiger partial charge < -0.3 is 15.4 Å². The van der Waals surface area contributed by atoms with Crippen LogP contribution in [-0.4, -0.2) is 36.0 Å². The number of hydrogen-bond donors (Lipinski definition) is 1. The molecule has 1 saturated heterocycles. The predicted molar refractivity (Wildman–Crippen MR) is 79.9 cm³/mol. The van der Waals surface area contributed by atoms with Gasteiger partial charge in [0.2, 0.25) is 0 Å². The molecule has 128 valence electrons. The number of benzene rings is 1. The highest BCUT2D eigenvalue weighted by atomic mass is 19.4. The third-order valence-electron chi connectivity index (χ3n) is 4.03. The second-order valence-corrected chi connectivity index (χ2v) is 5.67. The van der Waals surface area contributed by atoms with Crippen molar-refractivity contribution < 1.29 is 22.7 Å². The highest BCUT2D eigenvalue weighted by molar-refractivity contribution is 5.81. The van der Waals surface area contributed by atoms with E-state index in [4.69, 9.17) is 10.5 Å². The van der Waals surface area contributed by atoms with E-state index in [1.54, 1.807) is 4.90 Å². The lowest BCUT2D eigenvalue weighted by molar-refractivity contribution is -0.145. The lowest BCUT2D eigenvalue weighted by Gasteiger charge is -2.36. The van der Waals surface area contributed by atoms with Crippen molar-refractivity contribution in [3.63, 3.8) is 0 Å². The highest BCUT2D eigenvalue weighted by Gasteiger charge is 2.36. The van der Waals surface area contributed by atoms with E-state index in [9.17, 15) is 18.0 Å². The van der Waals surface area contributed by atoms with Crippen molar-refractivity contribution in [2.24, 2.45) is 5.73 Å². The van der Waals surface area contributed by atoms with Crippen molar-refractivity contribution in [3.05, 3.63) is 29.8 Å². The number of rotatable bonds is 4. The molecular formula is C16H21F3N2O2. The Morgan fingerprint density at radius 3 is 2.74 bits per heavy atom. The van der Waals surface area contributed by atoms with E-state index in [2.05, 4.69) is 0 Å². The number of amides is 1. The molecule has 2 rings (SSSR count). The van der Waals surface area contributed by atoms with E-state index in [0.29, 0.717) is 13.1 Å². The molecule has 1 aliphatic heterocycles. The Hall–Kier alpha value is -1.76. The fourth-order valence-corrected chi connectivity index (χ4v) is 2.81. The van der Waals surface area contributed by atoms with Crippen molar-refractivity contribution in [2.75, 3.05) is 13.1 Å². The van der Waals surface area contributed by atoms with Crippen LogP contribution in [0.3, 0.4) is 0 Å². The van der Waals surface area contributed by atoms with Gasteiger partial charge in [-0.15, -0.1) is 0 Å². The van der Waals surface area contributed by atoms with E-state index in [0.717, 1.165) is 25.3 Å². The summed E-state index contributed by atoms with van der Waals surface area (Å²) in [5.41, 5.74) is 4.80. The van der Waals surface area contributed by atoms with Gasteiger partial charge in [-0.3, -0.25) is 4.79 Å². The molecule has 4 nitrogen and oxygen atoms in total. The maximum atomic E-state index is 13.0. The Bertz CT molecular complexity index is 548. The number of halogens is 3. The lowest BCUT2D eigenvalue weighted by Crippen LogP contribution is -2.51. The summed E-state index contributed by atoms with van der Waals surface area (Å²) in [6, 6.07) is 4.84. The second kappa shape index (κ2) is 7.21. The van der Waals surface area contributed by atoms with E-state index < -0.39 is 17.8 Å². The monoisotopic (exact) mass is 330 g/mol. The van der Waals surface area contributed by atoms with Gasteiger partial charge in [0.1, 0.15) is 5.75 Å². The number of carbonyl (C=O) groups excluding carboxylic acids is 1. The molecule has 1 amide bonds. The molecule has 2 unspecified atom stereocenters. The number of alkyl halides is 3. The first kappa shape index (κ1) is 17.6. The van der Waals surface area contributed by atoms with Crippen LogP contribution in [0.5, 0.6) is 5.75 Å². The Balaban J connectivity index is 2.13. The maximum absolute atomic E-state index is 13.0. The Kier molecular flexibility index (Phi) is 5.51. The van der Waals surface area contributed by atoms with E-state index in [-0.39, 0.29) is 17.7 Å². The van der Waals surface area contributed by atoms with Gasteiger partial charge in [0.15, 0.2) is 6.10 Å². The van der Waals surface area contributed by atoms with Gasteiger partial charge in [-0.1, -0.05) is 12.1 Å². The summed E-state index contributed by atoms with van der Waals surface area (Å²) in [7, 11) is 0. The standard InChI is InChI=1S/C16H21F3N2O2/c1-11(15(22)21-9-5-4-6-12(21)10-20)23-14-8-3-2-7-13(14)16(17,18)19/h2-3,7-8,11-12H,4-6,9-10,20H2,1H3. The fourth-order valence-electron chi connectivity index (χ4n) is 2.81. The Morgan fingerprint density at radius 2 is 2.09 bits per heavy atom. The fraction of sp³-hybridized carbons (Fsp3) is 0.562. The van der Waals surface area contributed by atoms with Crippen LogP contribution in [0.1, 0.15) is 31.7 Å². The molecule has 7 heteroatoms. The quantitative estimate of drug-likeness (QED) is 0.923. The summed E-state index contributed by atoms with van der Waals surface area (Å²) in [5, 5.41) is 0. The van der Waals surface area contributed by atoms with Crippen LogP contribution in [0, 0.1) is 0 Å². The van der Waals surface area contributed by atoms with Crippen LogP contribution in [-0.2, 0) is 11.0 Å². The molecule has 0 radical (unpaired) electrons. The number of likely N-dealkylation sites (tertiary alicyclic amines) is 1.